The summed E-state index contributed by atoms with van der Waals surface area (Å²) in [6.45, 7) is 2.34. The number of nitrogens with two attached hydrogens (primary N) is 1. The van der Waals surface area contributed by atoms with Gasteiger partial charge in [0.05, 0.1) is 13.2 Å². The number of nitrogens with one attached hydrogen (secondary N) is 1. The first-order valence-electron chi connectivity index (χ1n) is 6.11. The smallest absolute Gasteiger partial charge is 0.161 e. The standard InChI is InChI=1S/C13H20N2O2/c1-15-6-5-11(14)10-3-4-12-13(9-10)17-8-2-7-16-12/h3-4,9,11,15H,2,5-8,14H2,1H3. The van der Waals surface area contributed by atoms with Crippen molar-refractivity contribution in [3.05, 3.63) is 23.8 Å². The Labute approximate surface area is 102 Å². The van der Waals surface area contributed by atoms with E-state index in [0.29, 0.717) is 6.61 Å². The van der Waals surface area contributed by atoms with Gasteiger partial charge in [0.25, 0.3) is 0 Å². The normalized spacial score (nSPS) is 16.4. The summed E-state index contributed by atoms with van der Waals surface area (Å²) in [4.78, 5) is 0. The SMILES string of the molecule is CNCCC(N)c1ccc2c(c1)OCCCO2. The minimum atomic E-state index is 0.0413. The van der Waals surface area contributed by atoms with Crippen LogP contribution in [0.5, 0.6) is 11.5 Å². The van der Waals surface area contributed by atoms with Crippen LogP contribution >= 0.6 is 0 Å². The fraction of sp³-hybridized carbons (Fsp3) is 0.538. The van der Waals surface area contributed by atoms with E-state index in [4.69, 9.17) is 15.2 Å². The molecule has 2 rings (SSSR count). The number of hydrogen-bond acceptors (Lipinski definition) is 4. The van der Waals surface area contributed by atoms with Gasteiger partial charge in [0.2, 0.25) is 0 Å². The molecule has 4 nitrogen and oxygen atoms in total. The largest absolute Gasteiger partial charge is 0.490 e. The van der Waals surface area contributed by atoms with Gasteiger partial charge in [-0.3, -0.25) is 0 Å². The highest BCUT2D eigenvalue weighted by molar-refractivity contribution is 5.44. The van der Waals surface area contributed by atoms with Crippen molar-refractivity contribution < 1.29 is 9.47 Å². The van der Waals surface area contributed by atoms with Gasteiger partial charge in [-0.05, 0) is 37.7 Å². The van der Waals surface area contributed by atoms with Crippen LogP contribution in [0, 0.1) is 0 Å². The molecule has 1 aliphatic heterocycles. The Kier molecular flexibility index (Phi) is 4.23. The van der Waals surface area contributed by atoms with Crippen LogP contribution in [0.1, 0.15) is 24.4 Å². The zero-order valence-electron chi connectivity index (χ0n) is 10.2. The monoisotopic (exact) mass is 236 g/mol. The zero-order chi connectivity index (χ0) is 12.1. The van der Waals surface area contributed by atoms with Crippen molar-refractivity contribution in [2.24, 2.45) is 5.73 Å². The van der Waals surface area contributed by atoms with Gasteiger partial charge in [0, 0.05) is 12.5 Å². The minimum Gasteiger partial charge on any atom is -0.490 e. The third kappa shape index (κ3) is 3.11. The lowest BCUT2D eigenvalue weighted by atomic mass is 10.0. The van der Waals surface area contributed by atoms with Gasteiger partial charge in [-0.15, -0.1) is 0 Å². The second-order valence-corrected chi connectivity index (χ2v) is 4.26. The molecule has 3 N–H and O–H groups in total. The Morgan fingerprint density at radius 3 is 2.82 bits per heavy atom. The molecule has 1 aliphatic rings. The quantitative estimate of drug-likeness (QED) is 0.831. The number of rotatable bonds is 4. The van der Waals surface area contributed by atoms with Crippen molar-refractivity contribution in [3.63, 3.8) is 0 Å². The van der Waals surface area contributed by atoms with Crippen LogP contribution in [0.4, 0.5) is 0 Å². The van der Waals surface area contributed by atoms with Gasteiger partial charge in [-0.1, -0.05) is 6.07 Å². The van der Waals surface area contributed by atoms with Crippen LogP contribution in [0.2, 0.25) is 0 Å². The Balaban J connectivity index is 2.11. The molecule has 4 heteroatoms. The van der Waals surface area contributed by atoms with Gasteiger partial charge < -0.3 is 20.5 Å². The predicted octanol–water partition coefficient (Wildman–Crippen LogP) is 1.46. The lowest BCUT2D eigenvalue weighted by Gasteiger charge is -2.14. The fourth-order valence-electron chi connectivity index (χ4n) is 1.88. The van der Waals surface area contributed by atoms with Crippen LogP contribution in [0.3, 0.4) is 0 Å². The summed E-state index contributed by atoms with van der Waals surface area (Å²) in [7, 11) is 1.93. The summed E-state index contributed by atoms with van der Waals surface area (Å²) in [5.41, 5.74) is 7.22. The molecular formula is C13H20N2O2. The lowest BCUT2D eigenvalue weighted by molar-refractivity contribution is 0.297. The first-order chi connectivity index (χ1) is 8.31. The van der Waals surface area contributed by atoms with E-state index in [9.17, 15) is 0 Å². The topological polar surface area (TPSA) is 56.5 Å². The molecule has 0 fully saturated rings. The molecule has 0 aromatic heterocycles. The van der Waals surface area contributed by atoms with Gasteiger partial charge in [-0.25, -0.2) is 0 Å². The third-order valence-corrected chi connectivity index (χ3v) is 2.91. The van der Waals surface area contributed by atoms with E-state index in [1.807, 2.05) is 25.2 Å². The first-order valence-corrected chi connectivity index (χ1v) is 6.11. The zero-order valence-corrected chi connectivity index (χ0v) is 10.2. The Bertz CT molecular complexity index is 368. The highest BCUT2D eigenvalue weighted by Crippen LogP contribution is 2.32. The molecule has 94 valence electrons. The summed E-state index contributed by atoms with van der Waals surface area (Å²) >= 11 is 0. The fourth-order valence-corrected chi connectivity index (χ4v) is 1.88. The Morgan fingerprint density at radius 1 is 1.29 bits per heavy atom. The van der Waals surface area contributed by atoms with E-state index < -0.39 is 0 Å². The van der Waals surface area contributed by atoms with E-state index in [1.165, 1.54) is 0 Å². The minimum absolute atomic E-state index is 0.0413. The molecule has 0 saturated carbocycles. The van der Waals surface area contributed by atoms with Crippen LogP contribution in [0.15, 0.2) is 18.2 Å². The van der Waals surface area contributed by atoms with Gasteiger partial charge >= 0.3 is 0 Å². The molecule has 0 amide bonds. The number of benzene rings is 1. The maximum absolute atomic E-state index is 6.12. The van der Waals surface area contributed by atoms with E-state index in [0.717, 1.165) is 43.1 Å². The third-order valence-electron chi connectivity index (χ3n) is 2.91. The second kappa shape index (κ2) is 5.89. The van der Waals surface area contributed by atoms with Crippen molar-refractivity contribution in [1.29, 1.82) is 0 Å². The van der Waals surface area contributed by atoms with Crippen molar-refractivity contribution in [1.82, 2.24) is 5.32 Å². The molecule has 0 spiro atoms. The highest BCUT2D eigenvalue weighted by Gasteiger charge is 2.13. The summed E-state index contributed by atoms with van der Waals surface area (Å²) in [6.07, 6.45) is 1.84. The van der Waals surface area contributed by atoms with Crippen molar-refractivity contribution >= 4 is 0 Å². The molecule has 1 unspecified atom stereocenters. The average Bonchev–Trinajstić information content (AvgIpc) is 2.60. The summed E-state index contributed by atoms with van der Waals surface area (Å²) in [5.74, 6) is 1.65. The molecule has 17 heavy (non-hydrogen) atoms. The van der Waals surface area contributed by atoms with Gasteiger partial charge in [0.1, 0.15) is 0 Å². The maximum atomic E-state index is 6.12. The predicted molar refractivity (Wildman–Crippen MR) is 67.5 cm³/mol. The van der Waals surface area contributed by atoms with Crippen molar-refractivity contribution in [2.75, 3.05) is 26.8 Å². The molecule has 0 bridgehead atoms. The molecule has 0 radical (unpaired) electrons. The Hall–Kier alpha value is -1.26. The number of fused-ring (bicyclic) bond motifs is 1. The number of hydrogen-bond donors (Lipinski definition) is 2. The van der Waals surface area contributed by atoms with Crippen LogP contribution in [-0.4, -0.2) is 26.8 Å². The van der Waals surface area contributed by atoms with Crippen LogP contribution in [0.25, 0.3) is 0 Å². The molecule has 1 aromatic carbocycles. The maximum Gasteiger partial charge on any atom is 0.161 e. The molecule has 1 atom stereocenters. The summed E-state index contributed by atoms with van der Waals surface area (Å²) < 4.78 is 11.2. The van der Waals surface area contributed by atoms with Crippen molar-refractivity contribution in [3.8, 4) is 11.5 Å². The molecule has 1 heterocycles. The molecular weight excluding hydrogens is 216 g/mol. The highest BCUT2D eigenvalue weighted by atomic mass is 16.5. The van der Waals surface area contributed by atoms with E-state index >= 15 is 0 Å². The summed E-state index contributed by atoms with van der Waals surface area (Å²) in [5, 5.41) is 3.10. The molecule has 0 saturated heterocycles. The molecule has 1 aromatic rings. The second-order valence-electron chi connectivity index (χ2n) is 4.26. The van der Waals surface area contributed by atoms with E-state index in [2.05, 4.69) is 5.32 Å². The van der Waals surface area contributed by atoms with Gasteiger partial charge in [0.15, 0.2) is 11.5 Å². The summed E-state index contributed by atoms with van der Waals surface area (Å²) in [6, 6.07) is 6.02. The Morgan fingerprint density at radius 2 is 2.06 bits per heavy atom. The number of ether oxygens (including phenoxy) is 2. The van der Waals surface area contributed by atoms with Crippen LogP contribution < -0.4 is 20.5 Å². The lowest BCUT2D eigenvalue weighted by Crippen LogP contribution is -2.17. The molecule has 0 aliphatic carbocycles. The first kappa shape index (κ1) is 12.2. The van der Waals surface area contributed by atoms with E-state index in [1.54, 1.807) is 0 Å². The van der Waals surface area contributed by atoms with Gasteiger partial charge in [-0.2, -0.15) is 0 Å². The van der Waals surface area contributed by atoms with Crippen molar-refractivity contribution in [2.45, 2.75) is 18.9 Å². The average molecular weight is 236 g/mol. The van der Waals surface area contributed by atoms with Crippen LogP contribution in [-0.2, 0) is 0 Å². The van der Waals surface area contributed by atoms with E-state index in [-0.39, 0.29) is 6.04 Å².